The van der Waals surface area contributed by atoms with E-state index in [1.54, 1.807) is 0 Å². The van der Waals surface area contributed by atoms with Crippen LogP contribution in [0.5, 0.6) is 0 Å². The first kappa shape index (κ1) is 9.96. The molecule has 0 heterocycles. The van der Waals surface area contributed by atoms with E-state index in [1.807, 2.05) is 0 Å². The lowest BCUT2D eigenvalue weighted by Gasteiger charge is -2.12. The molecule has 61 valence electrons. The van der Waals surface area contributed by atoms with Crippen molar-refractivity contribution in [2.24, 2.45) is 0 Å². The lowest BCUT2D eigenvalue weighted by molar-refractivity contribution is 0.0704. The van der Waals surface area contributed by atoms with E-state index in [0.717, 1.165) is 13.0 Å². The highest BCUT2D eigenvalue weighted by molar-refractivity contribution is 4.69. The second-order valence-electron chi connectivity index (χ2n) is 2.50. The molecule has 0 bridgehead atoms. The lowest BCUT2D eigenvalue weighted by Crippen LogP contribution is -2.11. The van der Waals surface area contributed by atoms with Gasteiger partial charge in [0.25, 0.3) is 0 Å². The van der Waals surface area contributed by atoms with Gasteiger partial charge in [-0.2, -0.15) is 0 Å². The second kappa shape index (κ2) is 7.07. The molecule has 0 saturated heterocycles. The molecule has 0 N–H and O–H groups in total. The first-order valence-corrected chi connectivity index (χ1v) is 4.26. The smallest absolute Gasteiger partial charge is 0.0601 e. The van der Waals surface area contributed by atoms with Gasteiger partial charge < -0.3 is 4.74 Å². The molecule has 0 fully saturated rings. The van der Waals surface area contributed by atoms with Crippen molar-refractivity contribution < 1.29 is 4.74 Å². The highest BCUT2D eigenvalue weighted by Crippen LogP contribution is 2.02. The van der Waals surface area contributed by atoms with E-state index in [2.05, 4.69) is 27.2 Å². The fraction of sp³-hybridized carbons (Fsp3) is 0.889. The van der Waals surface area contributed by atoms with Gasteiger partial charge in [-0.3, -0.25) is 0 Å². The molecule has 1 radical (unpaired) electrons. The highest BCUT2D eigenvalue weighted by Gasteiger charge is 2.00. The number of hydrogen-bond acceptors (Lipinski definition) is 1. The van der Waals surface area contributed by atoms with Gasteiger partial charge in [0.05, 0.1) is 6.10 Å². The zero-order valence-electron chi connectivity index (χ0n) is 7.39. The molecule has 0 aromatic carbocycles. The summed E-state index contributed by atoms with van der Waals surface area (Å²) in [5.74, 6) is 0. The van der Waals surface area contributed by atoms with Crippen LogP contribution in [-0.4, -0.2) is 12.7 Å². The van der Waals surface area contributed by atoms with Crippen molar-refractivity contribution in [1.82, 2.24) is 0 Å². The van der Waals surface area contributed by atoms with Gasteiger partial charge in [-0.25, -0.2) is 0 Å². The molecule has 0 amide bonds. The van der Waals surface area contributed by atoms with Crippen LogP contribution >= 0.6 is 0 Å². The minimum atomic E-state index is 0.381. The van der Waals surface area contributed by atoms with Crippen molar-refractivity contribution in [2.45, 2.75) is 46.1 Å². The molecule has 0 aliphatic rings. The predicted molar refractivity (Wildman–Crippen MR) is 44.9 cm³/mol. The zero-order valence-corrected chi connectivity index (χ0v) is 7.39. The Morgan fingerprint density at radius 1 is 1.40 bits per heavy atom. The topological polar surface area (TPSA) is 9.23 Å². The first-order valence-electron chi connectivity index (χ1n) is 4.26. The summed E-state index contributed by atoms with van der Waals surface area (Å²) in [4.78, 5) is 0. The quantitative estimate of drug-likeness (QED) is 0.519. The molecule has 0 aliphatic carbocycles. The van der Waals surface area contributed by atoms with E-state index in [4.69, 9.17) is 4.74 Å². The van der Waals surface area contributed by atoms with Crippen LogP contribution in [0.2, 0.25) is 0 Å². The monoisotopic (exact) mass is 143 g/mol. The molecule has 0 saturated carbocycles. The summed E-state index contributed by atoms with van der Waals surface area (Å²) in [6.07, 6.45) is 6.01. The lowest BCUT2D eigenvalue weighted by atomic mass is 10.2. The molecule has 0 spiro atoms. The molecular formula is C9H19O. The summed E-state index contributed by atoms with van der Waals surface area (Å²) in [5.41, 5.74) is 0. The van der Waals surface area contributed by atoms with Crippen LogP contribution < -0.4 is 0 Å². The fourth-order valence-corrected chi connectivity index (χ4v) is 0.829. The Balaban J connectivity index is 3.09. The first-order chi connectivity index (χ1) is 4.85. The molecule has 1 heteroatoms. The van der Waals surface area contributed by atoms with Crippen LogP contribution in [0.1, 0.15) is 40.0 Å². The van der Waals surface area contributed by atoms with Crippen molar-refractivity contribution in [3.05, 3.63) is 6.42 Å². The van der Waals surface area contributed by atoms with Crippen LogP contribution in [0.4, 0.5) is 0 Å². The van der Waals surface area contributed by atoms with Gasteiger partial charge in [-0.15, -0.1) is 0 Å². The van der Waals surface area contributed by atoms with Crippen molar-refractivity contribution in [3.63, 3.8) is 0 Å². The van der Waals surface area contributed by atoms with Crippen LogP contribution in [0.3, 0.4) is 0 Å². The predicted octanol–water partition coefficient (Wildman–Crippen LogP) is 2.81. The van der Waals surface area contributed by atoms with Gasteiger partial charge in [0.1, 0.15) is 0 Å². The SMILES string of the molecule is C[CH]C(CC)OCCCC. The van der Waals surface area contributed by atoms with Gasteiger partial charge in [0.2, 0.25) is 0 Å². The van der Waals surface area contributed by atoms with Crippen molar-refractivity contribution >= 4 is 0 Å². The maximum atomic E-state index is 5.53. The second-order valence-corrected chi connectivity index (χ2v) is 2.50. The molecule has 1 nitrogen and oxygen atoms in total. The summed E-state index contributed by atoms with van der Waals surface area (Å²) in [6, 6.07) is 0. The highest BCUT2D eigenvalue weighted by atomic mass is 16.5. The Morgan fingerprint density at radius 2 is 2.10 bits per heavy atom. The molecule has 0 aromatic rings. The third-order valence-electron chi connectivity index (χ3n) is 1.60. The average Bonchev–Trinajstić information content (AvgIpc) is 1.99. The van der Waals surface area contributed by atoms with E-state index in [-0.39, 0.29) is 0 Å². The summed E-state index contributed by atoms with van der Waals surface area (Å²) >= 11 is 0. The van der Waals surface area contributed by atoms with E-state index in [0.29, 0.717) is 6.10 Å². The summed E-state index contributed by atoms with van der Waals surface area (Å²) in [5, 5.41) is 0. The zero-order chi connectivity index (χ0) is 7.82. The third kappa shape index (κ3) is 4.80. The van der Waals surface area contributed by atoms with Crippen LogP contribution in [0.25, 0.3) is 0 Å². The largest absolute Gasteiger partial charge is 0.378 e. The van der Waals surface area contributed by atoms with Gasteiger partial charge in [-0.05, 0) is 19.3 Å². The molecule has 0 aromatic heterocycles. The van der Waals surface area contributed by atoms with Crippen molar-refractivity contribution in [2.75, 3.05) is 6.61 Å². The van der Waals surface area contributed by atoms with Crippen LogP contribution in [0, 0.1) is 6.42 Å². The fourth-order valence-electron chi connectivity index (χ4n) is 0.829. The van der Waals surface area contributed by atoms with E-state index < -0.39 is 0 Å². The molecule has 0 rings (SSSR count). The molecule has 0 aliphatic heterocycles. The van der Waals surface area contributed by atoms with E-state index >= 15 is 0 Å². The number of unbranched alkanes of at least 4 members (excludes halogenated alkanes) is 1. The Labute approximate surface area is 64.8 Å². The van der Waals surface area contributed by atoms with Gasteiger partial charge >= 0.3 is 0 Å². The van der Waals surface area contributed by atoms with Crippen molar-refractivity contribution in [1.29, 1.82) is 0 Å². The Bertz CT molecular complexity index is 57.7. The summed E-state index contributed by atoms with van der Waals surface area (Å²) in [6.45, 7) is 7.30. The van der Waals surface area contributed by atoms with E-state index in [1.165, 1.54) is 12.8 Å². The normalized spacial score (nSPS) is 10.8. The number of hydrogen-bond donors (Lipinski definition) is 0. The van der Waals surface area contributed by atoms with Crippen LogP contribution in [0.15, 0.2) is 0 Å². The van der Waals surface area contributed by atoms with Gasteiger partial charge in [0, 0.05) is 6.61 Å². The minimum Gasteiger partial charge on any atom is -0.378 e. The Kier molecular flexibility index (Phi) is 7.04. The summed E-state index contributed by atoms with van der Waals surface area (Å²) < 4.78 is 5.53. The average molecular weight is 143 g/mol. The maximum Gasteiger partial charge on any atom is 0.0601 e. The molecule has 1 unspecified atom stereocenters. The minimum absolute atomic E-state index is 0.381. The van der Waals surface area contributed by atoms with Gasteiger partial charge in [0.15, 0.2) is 0 Å². The van der Waals surface area contributed by atoms with Crippen LogP contribution in [-0.2, 0) is 4.74 Å². The Hall–Kier alpha value is -0.0400. The molecular weight excluding hydrogens is 124 g/mol. The summed E-state index contributed by atoms with van der Waals surface area (Å²) in [7, 11) is 0. The molecule has 1 atom stereocenters. The van der Waals surface area contributed by atoms with Gasteiger partial charge in [-0.1, -0.05) is 27.2 Å². The number of rotatable bonds is 6. The Morgan fingerprint density at radius 3 is 2.50 bits per heavy atom. The standard InChI is InChI=1S/C9H19O/c1-4-7-8-10-9(5-2)6-3/h5,9H,4,6-8H2,1-3H3. The molecule has 10 heavy (non-hydrogen) atoms. The number of ether oxygens (including phenoxy) is 1. The van der Waals surface area contributed by atoms with E-state index in [9.17, 15) is 0 Å². The third-order valence-corrected chi connectivity index (χ3v) is 1.60. The van der Waals surface area contributed by atoms with Crippen molar-refractivity contribution in [3.8, 4) is 0 Å². The maximum absolute atomic E-state index is 5.53.